The Labute approximate surface area is 124 Å². The molecule has 2 N–H and O–H groups in total. The van der Waals surface area contributed by atoms with Crippen LogP contribution in [0.4, 0.5) is 30.7 Å². The second kappa shape index (κ2) is 5.79. The van der Waals surface area contributed by atoms with Gasteiger partial charge in [0.1, 0.15) is 0 Å². The van der Waals surface area contributed by atoms with Crippen molar-refractivity contribution in [3.05, 3.63) is 46.6 Å². The van der Waals surface area contributed by atoms with Gasteiger partial charge >= 0.3 is 18.0 Å². The highest BCUT2D eigenvalue weighted by atomic mass is 35.5. The van der Waals surface area contributed by atoms with Crippen molar-refractivity contribution >= 4 is 17.4 Å². The van der Waals surface area contributed by atoms with E-state index < -0.39 is 29.5 Å². The fourth-order valence-electron chi connectivity index (χ4n) is 1.29. The third kappa shape index (κ3) is 3.34. The number of benzene rings is 1. The molecule has 0 spiro atoms. The normalized spacial score (nSPS) is 14.1. The van der Waals surface area contributed by atoms with Crippen LogP contribution in [0, 0.1) is 0 Å². The average molecular weight is 350 g/mol. The molecule has 1 aromatic carbocycles. The number of halogens is 8. The average Bonchev–Trinajstić information content (AvgIpc) is 2.37. The lowest BCUT2D eigenvalue weighted by atomic mass is 10.0. The molecule has 0 atom stereocenters. The zero-order valence-electron chi connectivity index (χ0n) is 10.4. The first-order chi connectivity index (χ1) is 9.80. The van der Waals surface area contributed by atoms with E-state index in [-0.39, 0.29) is 16.7 Å². The third-order valence-electron chi connectivity index (χ3n) is 2.53. The standard InChI is InChI=1S/C12H7ClF7NO/c13-7-3-1-6(2-4-7)8(22)5-9(21)10(14,15)11(16,17)12(18,19)20/h1-5H,21H2/b9-5-. The summed E-state index contributed by atoms with van der Waals surface area (Å²) in [7, 11) is 0. The first-order valence-corrected chi connectivity index (χ1v) is 5.78. The van der Waals surface area contributed by atoms with Crippen molar-refractivity contribution in [1.82, 2.24) is 0 Å². The molecule has 2 nitrogen and oxygen atoms in total. The lowest BCUT2D eigenvalue weighted by Gasteiger charge is -2.28. The van der Waals surface area contributed by atoms with Gasteiger partial charge in [-0.15, -0.1) is 0 Å². The van der Waals surface area contributed by atoms with E-state index >= 15 is 0 Å². The van der Waals surface area contributed by atoms with Crippen LogP contribution in [0.3, 0.4) is 0 Å². The van der Waals surface area contributed by atoms with Crippen LogP contribution >= 0.6 is 11.6 Å². The van der Waals surface area contributed by atoms with Crippen LogP contribution in [0.1, 0.15) is 10.4 Å². The smallest absolute Gasteiger partial charge is 0.397 e. The maximum atomic E-state index is 13.2. The number of allylic oxidation sites excluding steroid dienone is 2. The molecule has 0 saturated carbocycles. The molecule has 0 aromatic heterocycles. The van der Waals surface area contributed by atoms with E-state index in [0.29, 0.717) is 0 Å². The minimum absolute atomic E-state index is 0.178. The van der Waals surface area contributed by atoms with Gasteiger partial charge in [-0.25, -0.2) is 0 Å². The van der Waals surface area contributed by atoms with Crippen LogP contribution in [-0.4, -0.2) is 23.8 Å². The first kappa shape index (κ1) is 18.3. The Kier molecular flexibility index (Phi) is 4.81. The SMILES string of the molecule is N/C(=C\C(=O)c1ccc(Cl)cc1)C(F)(F)C(F)(F)C(F)(F)F. The summed E-state index contributed by atoms with van der Waals surface area (Å²) in [5, 5.41) is 0.197. The van der Waals surface area contributed by atoms with Gasteiger partial charge in [-0.05, 0) is 24.3 Å². The highest BCUT2D eigenvalue weighted by Gasteiger charge is 2.74. The van der Waals surface area contributed by atoms with Gasteiger partial charge in [-0.1, -0.05) is 11.6 Å². The Balaban J connectivity index is 3.15. The van der Waals surface area contributed by atoms with E-state index in [9.17, 15) is 35.5 Å². The van der Waals surface area contributed by atoms with Gasteiger partial charge in [-0.3, -0.25) is 4.79 Å². The summed E-state index contributed by atoms with van der Waals surface area (Å²) in [5.74, 6) is -13.5. The van der Waals surface area contributed by atoms with Gasteiger partial charge < -0.3 is 5.73 Å². The number of hydrogen-bond acceptors (Lipinski definition) is 2. The fourth-order valence-corrected chi connectivity index (χ4v) is 1.41. The van der Waals surface area contributed by atoms with Crippen molar-refractivity contribution in [3.8, 4) is 0 Å². The molecule has 0 aliphatic carbocycles. The molecule has 0 aliphatic heterocycles. The number of alkyl halides is 7. The summed E-state index contributed by atoms with van der Waals surface area (Å²) < 4.78 is 87.8. The zero-order valence-corrected chi connectivity index (χ0v) is 11.2. The second-order valence-corrected chi connectivity index (χ2v) is 4.55. The molecule has 1 aromatic rings. The lowest BCUT2D eigenvalue weighted by Crippen LogP contribution is -2.54. The Bertz CT molecular complexity index is 592. The van der Waals surface area contributed by atoms with Crippen molar-refractivity contribution in [2.24, 2.45) is 5.73 Å². The molecule has 22 heavy (non-hydrogen) atoms. The molecule has 0 aliphatic rings. The molecule has 10 heteroatoms. The summed E-state index contributed by atoms with van der Waals surface area (Å²) in [6.07, 6.45) is -6.71. The predicted molar refractivity (Wildman–Crippen MR) is 64.0 cm³/mol. The van der Waals surface area contributed by atoms with Gasteiger partial charge in [0.25, 0.3) is 0 Å². The van der Waals surface area contributed by atoms with Gasteiger partial charge in [0, 0.05) is 16.7 Å². The van der Waals surface area contributed by atoms with Gasteiger partial charge in [0.15, 0.2) is 5.78 Å². The number of carbonyl (C=O) groups excluding carboxylic acids is 1. The topological polar surface area (TPSA) is 43.1 Å². The molecule has 0 saturated heterocycles. The van der Waals surface area contributed by atoms with Crippen LogP contribution in [0.5, 0.6) is 0 Å². The Morgan fingerprint density at radius 1 is 1.00 bits per heavy atom. The molecular weight excluding hydrogens is 343 g/mol. The molecule has 0 unspecified atom stereocenters. The summed E-state index contributed by atoms with van der Waals surface area (Å²) in [5.41, 5.74) is 2.12. The minimum Gasteiger partial charge on any atom is -0.397 e. The van der Waals surface area contributed by atoms with Crippen molar-refractivity contribution in [1.29, 1.82) is 0 Å². The number of carbonyl (C=O) groups is 1. The summed E-state index contributed by atoms with van der Waals surface area (Å²) in [6.45, 7) is 0. The quantitative estimate of drug-likeness (QED) is 0.503. The minimum atomic E-state index is -6.53. The third-order valence-corrected chi connectivity index (χ3v) is 2.78. The van der Waals surface area contributed by atoms with Crippen LogP contribution in [0.15, 0.2) is 36.0 Å². The van der Waals surface area contributed by atoms with E-state index in [1.165, 1.54) is 12.1 Å². The molecule has 0 amide bonds. The largest absolute Gasteiger partial charge is 0.460 e. The molecule has 122 valence electrons. The molecule has 1 rings (SSSR count). The van der Waals surface area contributed by atoms with Crippen LogP contribution in [0.2, 0.25) is 5.02 Å². The van der Waals surface area contributed by atoms with E-state index in [1.807, 2.05) is 0 Å². The van der Waals surface area contributed by atoms with E-state index in [0.717, 1.165) is 12.1 Å². The Hall–Kier alpha value is -1.77. The van der Waals surface area contributed by atoms with E-state index in [4.69, 9.17) is 11.6 Å². The molecule has 0 radical (unpaired) electrons. The van der Waals surface area contributed by atoms with Gasteiger partial charge in [0.05, 0.1) is 5.70 Å². The number of ketones is 1. The number of nitrogens with two attached hydrogens (primary N) is 1. The molecule has 0 fully saturated rings. The number of hydrogen-bond donors (Lipinski definition) is 1. The zero-order chi connectivity index (χ0) is 17.3. The van der Waals surface area contributed by atoms with Crippen LogP contribution < -0.4 is 5.73 Å². The molecule has 0 bridgehead atoms. The Morgan fingerprint density at radius 3 is 1.86 bits per heavy atom. The predicted octanol–water partition coefficient (Wildman–Crippen LogP) is 4.20. The highest BCUT2D eigenvalue weighted by molar-refractivity contribution is 6.30. The number of rotatable bonds is 4. The van der Waals surface area contributed by atoms with Crippen molar-refractivity contribution in [2.75, 3.05) is 0 Å². The van der Waals surface area contributed by atoms with E-state index in [2.05, 4.69) is 5.73 Å². The van der Waals surface area contributed by atoms with Crippen molar-refractivity contribution < 1.29 is 35.5 Å². The second-order valence-electron chi connectivity index (χ2n) is 4.12. The van der Waals surface area contributed by atoms with Crippen LogP contribution in [0.25, 0.3) is 0 Å². The Morgan fingerprint density at radius 2 is 1.45 bits per heavy atom. The maximum Gasteiger partial charge on any atom is 0.460 e. The maximum absolute atomic E-state index is 13.2. The summed E-state index contributed by atoms with van der Waals surface area (Å²) in [4.78, 5) is 11.5. The fraction of sp³-hybridized carbons (Fsp3) is 0.250. The summed E-state index contributed by atoms with van der Waals surface area (Å²) >= 11 is 5.51. The van der Waals surface area contributed by atoms with Gasteiger partial charge in [0.2, 0.25) is 0 Å². The highest BCUT2D eigenvalue weighted by Crippen LogP contribution is 2.48. The van der Waals surface area contributed by atoms with Gasteiger partial charge in [-0.2, -0.15) is 30.7 Å². The van der Waals surface area contributed by atoms with Crippen LogP contribution in [-0.2, 0) is 0 Å². The van der Waals surface area contributed by atoms with Crippen molar-refractivity contribution in [3.63, 3.8) is 0 Å². The monoisotopic (exact) mass is 349 g/mol. The lowest BCUT2D eigenvalue weighted by molar-refractivity contribution is -0.344. The van der Waals surface area contributed by atoms with E-state index in [1.54, 1.807) is 0 Å². The summed E-state index contributed by atoms with van der Waals surface area (Å²) in [6, 6.07) is 4.52. The first-order valence-electron chi connectivity index (χ1n) is 5.40. The molecule has 0 heterocycles. The van der Waals surface area contributed by atoms with Crippen molar-refractivity contribution in [2.45, 2.75) is 18.0 Å². The molecular formula is C12H7ClF7NO.